The highest BCUT2D eigenvalue weighted by Gasteiger charge is 2.29. The number of unbranched alkanes of at least 4 members (excludes halogenated alkanes) is 1. The molecule has 3 atom stereocenters. The number of para-hydroxylation sites is 1. The molecule has 6 nitrogen and oxygen atoms in total. The number of aromatic amines is 1. The topological polar surface area (TPSA) is 82.9 Å². The number of H-pyrrole nitrogens is 1. The molecule has 3 N–H and O–H groups in total. The van der Waals surface area contributed by atoms with Gasteiger partial charge in [0.05, 0.1) is 22.6 Å². The summed E-state index contributed by atoms with van der Waals surface area (Å²) in [7, 11) is 0. The van der Waals surface area contributed by atoms with E-state index in [0.717, 1.165) is 48.7 Å². The lowest BCUT2D eigenvalue weighted by atomic mass is 9.96. The normalized spacial score (nSPS) is 20.4. The van der Waals surface area contributed by atoms with Crippen molar-refractivity contribution in [1.29, 1.82) is 0 Å². The first-order chi connectivity index (χ1) is 13.7. The molecule has 1 aliphatic rings. The zero-order valence-electron chi connectivity index (χ0n) is 16.2. The van der Waals surface area contributed by atoms with Gasteiger partial charge >= 0.3 is 5.69 Å². The molecule has 1 unspecified atom stereocenters. The average molecular weight is 401 g/mol. The smallest absolute Gasteiger partial charge is 0.326 e. The third kappa shape index (κ3) is 3.92. The molecule has 2 aromatic heterocycles. The molecule has 150 valence electrons. The van der Waals surface area contributed by atoms with E-state index in [1.165, 1.54) is 11.3 Å². The minimum atomic E-state index is -0.625. The summed E-state index contributed by atoms with van der Waals surface area (Å²) in [6, 6.07) is 6.03. The van der Waals surface area contributed by atoms with Crippen LogP contribution in [0.2, 0.25) is 0 Å². The predicted octanol–water partition coefficient (Wildman–Crippen LogP) is 3.37. The maximum Gasteiger partial charge on any atom is 0.326 e. The molecular weight excluding hydrogens is 372 g/mol. The SMILES string of the molecule is CCCCC(CCc1cncs1)N[C@@H]1CCn2c(=O)[nH]c3cccc(c32)[C@H]1O. The summed E-state index contributed by atoms with van der Waals surface area (Å²) in [6.07, 6.45) is 7.50. The lowest BCUT2D eigenvalue weighted by Gasteiger charge is -2.28. The number of imidazole rings is 1. The van der Waals surface area contributed by atoms with Crippen LogP contribution >= 0.6 is 11.3 Å². The molecule has 0 saturated carbocycles. The van der Waals surface area contributed by atoms with Crippen molar-refractivity contribution in [3.8, 4) is 0 Å². The maximum atomic E-state index is 12.3. The predicted molar refractivity (Wildman–Crippen MR) is 113 cm³/mol. The van der Waals surface area contributed by atoms with E-state index in [1.807, 2.05) is 29.9 Å². The monoisotopic (exact) mass is 400 g/mol. The molecule has 0 aliphatic carbocycles. The van der Waals surface area contributed by atoms with Gasteiger partial charge in [0, 0.05) is 35.3 Å². The van der Waals surface area contributed by atoms with E-state index in [1.54, 1.807) is 15.9 Å². The molecule has 7 heteroatoms. The number of nitrogens with zero attached hydrogens (tertiary/aromatic N) is 2. The van der Waals surface area contributed by atoms with Crippen LogP contribution in [0, 0.1) is 0 Å². The van der Waals surface area contributed by atoms with E-state index in [4.69, 9.17) is 0 Å². The molecular formula is C21H28N4O2S. The van der Waals surface area contributed by atoms with E-state index in [-0.39, 0.29) is 11.7 Å². The van der Waals surface area contributed by atoms with E-state index < -0.39 is 6.10 Å². The number of thiazole rings is 1. The molecule has 4 rings (SSSR count). The fourth-order valence-corrected chi connectivity index (χ4v) is 4.88. The van der Waals surface area contributed by atoms with Crippen molar-refractivity contribution < 1.29 is 5.11 Å². The van der Waals surface area contributed by atoms with Crippen LogP contribution in [0.15, 0.2) is 34.7 Å². The number of benzene rings is 1. The Balaban J connectivity index is 1.53. The van der Waals surface area contributed by atoms with Crippen LogP contribution in [0.25, 0.3) is 11.0 Å². The second kappa shape index (κ2) is 8.59. The van der Waals surface area contributed by atoms with Crippen molar-refractivity contribution in [1.82, 2.24) is 19.9 Å². The first kappa shape index (κ1) is 19.4. The van der Waals surface area contributed by atoms with Crippen LogP contribution in [0.3, 0.4) is 0 Å². The summed E-state index contributed by atoms with van der Waals surface area (Å²) in [5, 5.41) is 14.9. The number of aliphatic hydroxyl groups is 1. The molecule has 0 bridgehead atoms. The van der Waals surface area contributed by atoms with E-state index in [2.05, 4.69) is 22.2 Å². The summed E-state index contributed by atoms with van der Waals surface area (Å²) < 4.78 is 1.77. The lowest BCUT2D eigenvalue weighted by Crippen LogP contribution is -2.42. The zero-order valence-corrected chi connectivity index (χ0v) is 17.0. The minimum absolute atomic E-state index is 0.0618. The maximum absolute atomic E-state index is 12.3. The largest absolute Gasteiger partial charge is 0.387 e. The quantitative estimate of drug-likeness (QED) is 0.541. The Bertz CT molecular complexity index is 963. The highest BCUT2D eigenvalue weighted by molar-refractivity contribution is 7.09. The van der Waals surface area contributed by atoms with Crippen molar-refractivity contribution in [3.63, 3.8) is 0 Å². The fraction of sp³-hybridized carbons (Fsp3) is 0.524. The summed E-state index contributed by atoms with van der Waals surface area (Å²) in [4.78, 5) is 20.7. The Kier molecular flexibility index (Phi) is 5.94. The summed E-state index contributed by atoms with van der Waals surface area (Å²) in [6.45, 7) is 2.82. The van der Waals surface area contributed by atoms with Gasteiger partial charge in [0.15, 0.2) is 0 Å². The van der Waals surface area contributed by atoms with Gasteiger partial charge in [-0.25, -0.2) is 4.79 Å². The van der Waals surface area contributed by atoms with Crippen LogP contribution < -0.4 is 11.0 Å². The molecule has 0 spiro atoms. The first-order valence-electron chi connectivity index (χ1n) is 10.2. The van der Waals surface area contributed by atoms with Gasteiger partial charge in [0.1, 0.15) is 0 Å². The Morgan fingerprint density at radius 1 is 1.43 bits per heavy atom. The number of nitrogens with one attached hydrogen (secondary N) is 2. The van der Waals surface area contributed by atoms with Gasteiger partial charge in [-0.05, 0) is 31.7 Å². The number of rotatable bonds is 8. The molecule has 3 heterocycles. The summed E-state index contributed by atoms with van der Waals surface area (Å²) in [5.41, 5.74) is 4.27. The van der Waals surface area contributed by atoms with Gasteiger partial charge in [-0.2, -0.15) is 0 Å². The second-order valence-electron chi connectivity index (χ2n) is 7.68. The van der Waals surface area contributed by atoms with Gasteiger partial charge in [-0.3, -0.25) is 9.55 Å². The Morgan fingerprint density at radius 2 is 2.32 bits per heavy atom. The number of hydrogen-bond donors (Lipinski definition) is 3. The Hall–Kier alpha value is -1.96. The average Bonchev–Trinajstić information content (AvgIpc) is 3.29. The van der Waals surface area contributed by atoms with Crippen molar-refractivity contribution in [3.05, 3.63) is 50.8 Å². The highest BCUT2D eigenvalue weighted by Crippen LogP contribution is 2.30. The fourth-order valence-electron chi connectivity index (χ4n) is 4.26. The summed E-state index contributed by atoms with van der Waals surface area (Å²) >= 11 is 1.70. The van der Waals surface area contributed by atoms with Crippen molar-refractivity contribution in [2.24, 2.45) is 0 Å². The minimum Gasteiger partial charge on any atom is -0.387 e. The molecule has 0 amide bonds. The summed E-state index contributed by atoms with van der Waals surface area (Å²) in [5.74, 6) is 0. The second-order valence-corrected chi connectivity index (χ2v) is 8.65. The molecule has 3 aromatic rings. The van der Waals surface area contributed by atoms with E-state index in [9.17, 15) is 9.90 Å². The number of aliphatic hydroxyl groups excluding tert-OH is 1. The van der Waals surface area contributed by atoms with Crippen LogP contribution in [-0.4, -0.2) is 31.7 Å². The zero-order chi connectivity index (χ0) is 19.5. The molecule has 0 radical (unpaired) electrons. The third-order valence-electron chi connectivity index (χ3n) is 5.77. The number of hydrogen-bond acceptors (Lipinski definition) is 5. The molecule has 28 heavy (non-hydrogen) atoms. The van der Waals surface area contributed by atoms with Gasteiger partial charge in [-0.1, -0.05) is 31.9 Å². The Labute approximate surface area is 168 Å². The molecule has 1 aromatic carbocycles. The first-order valence-corrected chi connectivity index (χ1v) is 11.1. The number of aryl methyl sites for hydroxylation is 2. The van der Waals surface area contributed by atoms with Gasteiger partial charge in [-0.15, -0.1) is 11.3 Å². The Morgan fingerprint density at radius 3 is 3.11 bits per heavy atom. The van der Waals surface area contributed by atoms with Crippen LogP contribution in [0.5, 0.6) is 0 Å². The van der Waals surface area contributed by atoms with Gasteiger partial charge in [0.25, 0.3) is 0 Å². The van der Waals surface area contributed by atoms with E-state index in [0.29, 0.717) is 12.6 Å². The van der Waals surface area contributed by atoms with Gasteiger partial charge < -0.3 is 15.4 Å². The molecule has 0 saturated heterocycles. The van der Waals surface area contributed by atoms with Crippen LogP contribution in [0.4, 0.5) is 0 Å². The van der Waals surface area contributed by atoms with Crippen LogP contribution in [0.1, 0.15) is 55.6 Å². The molecule has 1 aliphatic heterocycles. The van der Waals surface area contributed by atoms with E-state index >= 15 is 0 Å². The highest BCUT2D eigenvalue weighted by atomic mass is 32.1. The standard InChI is InChI=1S/C21H28N4O2S/c1-2-3-5-14(8-9-15-12-22-13-28-15)23-18-10-11-25-19-16(20(18)26)6-4-7-17(19)24-21(25)27/h4,6-7,12-14,18,20,23,26H,2-3,5,8-11H2,1H3,(H,24,27)/t14?,18-,20-/m1/s1. The molecule has 0 fully saturated rings. The van der Waals surface area contributed by atoms with Crippen molar-refractivity contribution in [2.45, 2.75) is 70.2 Å². The lowest BCUT2D eigenvalue weighted by molar-refractivity contribution is 0.116. The number of aromatic nitrogens is 3. The van der Waals surface area contributed by atoms with Crippen molar-refractivity contribution >= 4 is 22.4 Å². The van der Waals surface area contributed by atoms with Gasteiger partial charge in [0.2, 0.25) is 0 Å². The van der Waals surface area contributed by atoms with Crippen molar-refractivity contribution in [2.75, 3.05) is 0 Å². The van der Waals surface area contributed by atoms with Crippen LogP contribution in [-0.2, 0) is 13.0 Å². The third-order valence-corrected chi connectivity index (χ3v) is 6.61.